The third-order valence-corrected chi connectivity index (χ3v) is 5.34. The summed E-state index contributed by atoms with van der Waals surface area (Å²) in [6.45, 7) is 9.85. The average molecular weight is 499 g/mol. The number of alkyl carbamates (subject to hydrolysis) is 1. The first-order valence-corrected chi connectivity index (χ1v) is 11.8. The molecule has 4 rings (SSSR count). The molecular weight excluding hydrogens is 468 g/mol. The molecule has 9 heteroatoms. The second-order valence-electron chi connectivity index (χ2n) is 9.68. The minimum Gasteiger partial charge on any atom is -0.444 e. The molecule has 0 spiro atoms. The normalized spacial score (nSPS) is 11.2. The van der Waals surface area contributed by atoms with Crippen LogP contribution >= 0.6 is 0 Å². The Labute approximate surface area is 216 Å². The van der Waals surface area contributed by atoms with Crippen molar-refractivity contribution in [3.8, 4) is 34.3 Å². The minimum absolute atomic E-state index is 0.263. The first kappa shape index (κ1) is 25.6. The van der Waals surface area contributed by atoms with Gasteiger partial charge >= 0.3 is 6.09 Å². The van der Waals surface area contributed by atoms with Crippen LogP contribution in [-0.4, -0.2) is 50.9 Å². The van der Waals surface area contributed by atoms with Crippen molar-refractivity contribution in [2.24, 2.45) is 0 Å². The molecule has 2 aromatic carbocycles. The zero-order valence-electron chi connectivity index (χ0n) is 21.6. The van der Waals surface area contributed by atoms with E-state index in [4.69, 9.17) is 9.15 Å². The first-order valence-electron chi connectivity index (χ1n) is 11.8. The maximum absolute atomic E-state index is 12.0. The Morgan fingerprint density at radius 1 is 1.00 bits per heavy atom. The number of rotatable bonds is 7. The van der Waals surface area contributed by atoms with Crippen molar-refractivity contribution in [1.29, 1.82) is 0 Å². The molecule has 1 amide bonds. The predicted molar refractivity (Wildman–Crippen MR) is 142 cm³/mol. The molecule has 2 aromatic heterocycles. The lowest BCUT2D eigenvalue weighted by Crippen LogP contribution is -2.32. The van der Waals surface area contributed by atoms with Gasteiger partial charge in [0.25, 0.3) is 5.89 Å². The molecule has 0 aliphatic rings. The van der Waals surface area contributed by atoms with Gasteiger partial charge in [-0.2, -0.15) is 0 Å². The van der Waals surface area contributed by atoms with Gasteiger partial charge in [-0.25, -0.2) is 9.78 Å². The van der Waals surface area contributed by atoms with Crippen LogP contribution in [0, 0.1) is 0 Å². The lowest BCUT2D eigenvalue weighted by Gasteiger charge is -2.19. The number of aromatic nitrogens is 4. The Bertz CT molecular complexity index is 1400. The van der Waals surface area contributed by atoms with Gasteiger partial charge in [0, 0.05) is 37.5 Å². The fraction of sp³-hybridized carbons (Fsp3) is 0.250. The maximum atomic E-state index is 12.0. The van der Waals surface area contributed by atoms with Crippen LogP contribution < -0.4 is 5.32 Å². The van der Waals surface area contributed by atoms with Gasteiger partial charge in [-0.1, -0.05) is 43.0 Å². The SMILES string of the molecule is C=C(c1ccc(-c2cncc(-c3nnc(-c4cccc(CNC(=O)OC(C)(C)C)c4)o3)n2)cc1)N(C)C. The summed E-state index contributed by atoms with van der Waals surface area (Å²) < 4.78 is 11.2. The second-order valence-corrected chi connectivity index (χ2v) is 9.68. The van der Waals surface area contributed by atoms with Crippen molar-refractivity contribution in [1.82, 2.24) is 30.4 Å². The molecule has 37 heavy (non-hydrogen) atoms. The third-order valence-electron chi connectivity index (χ3n) is 5.34. The number of carbonyl (C=O) groups excluding carboxylic acids is 1. The lowest BCUT2D eigenvalue weighted by atomic mass is 10.1. The summed E-state index contributed by atoms with van der Waals surface area (Å²) >= 11 is 0. The van der Waals surface area contributed by atoms with Gasteiger partial charge in [-0.05, 0) is 44.0 Å². The van der Waals surface area contributed by atoms with Crippen molar-refractivity contribution in [2.45, 2.75) is 32.9 Å². The van der Waals surface area contributed by atoms with Crippen molar-refractivity contribution in [3.05, 3.63) is 78.6 Å². The fourth-order valence-corrected chi connectivity index (χ4v) is 3.45. The van der Waals surface area contributed by atoms with Crippen molar-refractivity contribution < 1.29 is 13.9 Å². The van der Waals surface area contributed by atoms with E-state index in [1.54, 1.807) is 12.4 Å². The van der Waals surface area contributed by atoms with Gasteiger partial charge in [0.05, 0.1) is 18.1 Å². The second kappa shape index (κ2) is 10.6. The highest BCUT2D eigenvalue weighted by Gasteiger charge is 2.17. The minimum atomic E-state index is -0.559. The molecule has 0 fully saturated rings. The number of nitrogens with zero attached hydrogens (tertiary/aromatic N) is 5. The van der Waals surface area contributed by atoms with E-state index in [1.165, 1.54) is 0 Å². The Balaban J connectivity index is 1.49. The maximum Gasteiger partial charge on any atom is 0.407 e. The molecule has 2 heterocycles. The number of ether oxygens (including phenoxy) is 1. The molecule has 9 nitrogen and oxygen atoms in total. The van der Waals surface area contributed by atoms with Crippen molar-refractivity contribution in [3.63, 3.8) is 0 Å². The predicted octanol–water partition coefficient (Wildman–Crippen LogP) is 5.42. The van der Waals surface area contributed by atoms with Gasteiger partial charge in [0.15, 0.2) is 0 Å². The Kier molecular flexibility index (Phi) is 7.33. The first-order chi connectivity index (χ1) is 17.6. The summed E-state index contributed by atoms with van der Waals surface area (Å²) in [5.74, 6) is 0.604. The van der Waals surface area contributed by atoms with E-state index in [9.17, 15) is 4.79 Å². The summed E-state index contributed by atoms with van der Waals surface area (Å²) in [6, 6.07) is 15.5. The Morgan fingerprint density at radius 2 is 1.70 bits per heavy atom. The van der Waals surface area contributed by atoms with E-state index in [1.807, 2.05) is 88.3 Å². The topological polar surface area (TPSA) is 106 Å². The van der Waals surface area contributed by atoms with E-state index in [2.05, 4.69) is 32.1 Å². The van der Waals surface area contributed by atoms with Gasteiger partial charge < -0.3 is 19.4 Å². The molecule has 0 saturated carbocycles. The van der Waals surface area contributed by atoms with E-state index in [0.29, 0.717) is 23.8 Å². The van der Waals surface area contributed by atoms with Gasteiger partial charge in [0.2, 0.25) is 5.89 Å². The molecule has 0 aliphatic carbocycles. The van der Waals surface area contributed by atoms with E-state index < -0.39 is 11.7 Å². The van der Waals surface area contributed by atoms with Crippen LogP contribution in [0.2, 0.25) is 0 Å². The summed E-state index contributed by atoms with van der Waals surface area (Å²) in [4.78, 5) is 22.9. The fourth-order valence-electron chi connectivity index (χ4n) is 3.45. The monoisotopic (exact) mass is 498 g/mol. The van der Waals surface area contributed by atoms with Crippen molar-refractivity contribution >= 4 is 11.8 Å². The van der Waals surface area contributed by atoms with Crippen LogP contribution in [0.3, 0.4) is 0 Å². The number of hydrogen-bond donors (Lipinski definition) is 1. The Morgan fingerprint density at radius 3 is 2.41 bits per heavy atom. The average Bonchev–Trinajstić information content (AvgIpc) is 3.37. The Hall–Kier alpha value is -4.53. The third kappa shape index (κ3) is 6.58. The number of carbonyl (C=O) groups is 1. The zero-order chi connectivity index (χ0) is 26.6. The molecule has 1 N–H and O–H groups in total. The largest absolute Gasteiger partial charge is 0.444 e. The van der Waals surface area contributed by atoms with Crippen LogP contribution in [-0.2, 0) is 11.3 Å². The molecule has 190 valence electrons. The molecule has 0 unspecified atom stereocenters. The van der Waals surface area contributed by atoms with Gasteiger partial charge in [0.1, 0.15) is 11.3 Å². The van der Waals surface area contributed by atoms with Crippen molar-refractivity contribution in [2.75, 3.05) is 14.1 Å². The molecule has 0 aliphatic heterocycles. The summed E-state index contributed by atoms with van der Waals surface area (Å²) in [7, 11) is 3.92. The molecule has 0 saturated heterocycles. The highest BCUT2D eigenvalue weighted by atomic mass is 16.6. The number of benzene rings is 2. The number of nitrogens with one attached hydrogen (secondary N) is 1. The van der Waals surface area contributed by atoms with Crippen LogP contribution in [0.5, 0.6) is 0 Å². The van der Waals surface area contributed by atoms with E-state index >= 15 is 0 Å². The standard InChI is InChI=1S/C28H30N6O3/c1-18(34(5)6)20-10-12-21(13-11-20)23-16-29-17-24(31-23)26-33-32-25(36-26)22-9-7-8-19(14-22)15-30-27(35)37-28(2,3)4/h7-14,16-17H,1,15H2,2-6H3,(H,30,35). The number of amides is 1. The number of hydrogen-bond acceptors (Lipinski definition) is 8. The lowest BCUT2D eigenvalue weighted by molar-refractivity contribution is 0.0523. The summed E-state index contributed by atoms with van der Waals surface area (Å²) in [5.41, 5.74) is 5.06. The van der Waals surface area contributed by atoms with Gasteiger partial charge in [-0.15, -0.1) is 10.2 Å². The molecule has 0 bridgehead atoms. The van der Waals surface area contributed by atoms with Crippen LogP contribution in [0.25, 0.3) is 40.0 Å². The highest BCUT2D eigenvalue weighted by Crippen LogP contribution is 2.26. The molecular formula is C28H30N6O3. The molecule has 0 atom stereocenters. The van der Waals surface area contributed by atoms with Crippen LogP contribution in [0.4, 0.5) is 4.79 Å². The van der Waals surface area contributed by atoms with Crippen LogP contribution in [0.15, 0.2) is 71.9 Å². The summed E-state index contributed by atoms with van der Waals surface area (Å²) in [6.07, 6.45) is 2.80. The van der Waals surface area contributed by atoms with Crippen LogP contribution in [0.1, 0.15) is 31.9 Å². The van der Waals surface area contributed by atoms with E-state index in [-0.39, 0.29) is 5.89 Å². The van der Waals surface area contributed by atoms with Gasteiger partial charge in [-0.3, -0.25) is 4.98 Å². The summed E-state index contributed by atoms with van der Waals surface area (Å²) in [5, 5.41) is 11.1. The van der Waals surface area contributed by atoms with E-state index in [0.717, 1.165) is 28.0 Å². The highest BCUT2D eigenvalue weighted by molar-refractivity contribution is 5.68. The zero-order valence-corrected chi connectivity index (χ0v) is 21.6. The smallest absolute Gasteiger partial charge is 0.407 e. The molecule has 0 radical (unpaired) electrons. The quantitative estimate of drug-likeness (QED) is 0.360. The molecule has 4 aromatic rings.